The van der Waals surface area contributed by atoms with Crippen LogP contribution in [0.15, 0.2) is 35.7 Å². The van der Waals surface area contributed by atoms with Crippen LogP contribution in [0, 0.1) is 0 Å². The normalized spacial score (nSPS) is 12.1. The lowest BCUT2D eigenvalue weighted by Gasteiger charge is -2.02. The number of rotatable bonds is 9. The smallest absolute Gasteiger partial charge is 0.233 e. The van der Waals surface area contributed by atoms with Crippen molar-refractivity contribution in [1.29, 1.82) is 0 Å². The zero-order valence-corrected chi connectivity index (χ0v) is 12.3. The fourth-order valence-electron chi connectivity index (χ4n) is 1.31. The molecule has 0 fully saturated rings. The Kier molecular flexibility index (Phi) is 7.81. The van der Waals surface area contributed by atoms with Crippen LogP contribution in [0.25, 0.3) is 6.08 Å². The Morgan fingerprint density at radius 3 is 2.63 bits per heavy atom. The molecule has 0 radical (unpaired) electrons. The van der Waals surface area contributed by atoms with Crippen molar-refractivity contribution in [3.8, 4) is 0 Å². The lowest BCUT2D eigenvalue weighted by Crippen LogP contribution is -2.23. The van der Waals surface area contributed by atoms with E-state index in [1.165, 1.54) is 5.41 Å². The van der Waals surface area contributed by atoms with E-state index < -0.39 is 10.0 Å². The lowest BCUT2D eigenvalue weighted by molar-refractivity contribution is 0.296. The van der Waals surface area contributed by atoms with Gasteiger partial charge >= 0.3 is 0 Å². The highest BCUT2D eigenvalue weighted by Gasteiger charge is 2.03. The maximum absolute atomic E-state index is 11.6. The highest BCUT2D eigenvalue weighted by molar-refractivity contribution is 7.99. The van der Waals surface area contributed by atoms with Gasteiger partial charge in [-0.25, -0.2) is 13.1 Å². The van der Waals surface area contributed by atoms with Gasteiger partial charge in [0.2, 0.25) is 10.0 Å². The quantitative estimate of drug-likeness (QED) is 0.681. The van der Waals surface area contributed by atoms with E-state index in [9.17, 15) is 8.42 Å². The number of benzene rings is 1. The average molecular weight is 301 g/mol. The summed E-state index contributed by atoms with van der Waals surface area (Å²) < 4.78 is 25.8. The molecule has 1 rings (SSSR count). The largest absolute Gasteiger partial charge is 0.396 e. The van der Waals surface area contributed by atoms with E-state index in [0.29, 0.717) is 12.3 Å². The molecule has 1 aromatic carbocycles. The molecular formula is C13H19NO3S2. The fraction of sp³-hybridized carbons (Fsp3) is 0.385. The van der Waals surface area contributed by atoms with E-state index in [0.717, 1.165) is 17.7 Å². The molecule has 0 spiro atoms. The van der Waals surface area contributed by atoms with Crippen molar-refractivity contribution in [2.75, 3.05) is 24.7 Å². The standard InChI is InChI=1S/C13H19NO3S2/c15-9-4-10-18-11-8-14-19(16,17)12-7-13-5-2-1-3-6-13/h1-3,5-7,12,14-15H,4,8-11H2/b12-7+. The maximum Gasteiger partial charge on any atom is 0.233 e. The van der Waals surface area contributed by atoms with Gasteiger partial charge in [0.05, 0.1) is 0 Å². The van der Waals surface area contributed by atoms with Gasteiger partial charge in [-0.2, -0.15) is 11.8 Å². The van der Waals surface area contributed by atoms with Crippen molar-refractivity contribution in [2.24, 2.45) is 0 Å². The third kappa shape index (κ3) is 8.05. The van der Waals surface area contributed by atoms with Gasteiger partial charge in [0.1, 0.15) is 0 Å². The van der Waals surface area contributed by atoms with E-state index in [1.54, 1.807) is 17.8 Å². The molecule has 106 valence electrons. The van der Waals surface area contributed by atoms with E-state index in [2.05, 4.69) is 4.72 Å². The minimum atomic E-state index is -3.37. The van der Waals surface area contributed by atoms with E-state index >= 15 is 0 Å². The molecule has 0 saturated carbocycles. The average Bonchev–Trinajstić information content (AvgIpc) is 2.42. The number of hydrogen-bond donors (Lipinski definition) is 2. The summed E-state index contributed by atoms with van der Waals surface area (Å²) in [6.45, 7) is 0.579. The molecule has 0 aliphatic rings. The summed E-state index contributed by atoms with van der Waals surface area (Å²) in [5.74, 6) is 1.55. The third-order valence-corrected chi connectivity index (χ3v) is 4.41. The van der Waals surface area contributed by atoms with Gasteiger partial charge in [-0.1, -0.05) is 30.3 Å². The SMILES string of the molecule is O=S(=O)(/C=C/c1ccccc1)NCCSCCCO. The molecule has 0 atom stereocenters. The van der Waals surface area contributed by atoms with E-state index in [1.807, 2.05) is 30.3 Å². The van der Waals surface area contributed by atoms with Gasteiger partial charge in [0.25, 0.3) is 0 Å². The zero-order valence-electron chi connectivity index (χ0n) is 10.7. The van der Waals surface area contributed by atoms with Gasteiger partial charge in [-0.3, -0.25) is 0 Å². The summed E-state index contributed by atoms with van der Waals surface area (Å²) >= 11 is 1.62. The van der Waals surface area contributed by atoms with Crippen molar-refractivity contribution < 1.29 is 13.5 Å². The Morgan fingerprint density at radius 2 is 1.95 bits per heavy atom. The monoisotopic (exact) mass is 301 g/mol. The summed E-state index contributed by atoms with van der Waals surface area (Å²) in [7, 11) is -3.37. The number of hydrogen-bond acceptors (Lipinski definition) is 4. The first-order valence-corrected chi connectivity index (χ1v) is 8.75. The molecule has 0 heterocycles. The summed E-state index contributed by atoms with van der Waals surface area (Å²) in [6.07, 6.45) is 2.31. The van der Waals surface area contributed by atoms with Crippen molar-refractivity contribution >= 4 is 27.9 Å². The van der Waals surface area contributed by atoms with Crippen molar-refractivity contribution in [3.05, 3.63) is 41.3 Å². The molecule has 0 aromatic heterocycles. The first kappa shape index (κ1) is 16.2. The number of thioether (sulfide) groups is 1. The van der Waals surface area contributed by atoms with Crippen LogP contribution in [-0.2, 0) is 10.0 Å². The lowest BCUT2D eigenvalue weighted by atomic mass is 10.2. The molecule has 0 unspecified atom stereocenters. The molecule has 19 heavy (non-hydrogen) atoms. The van der Waals surface area contributed by atoms with Gasteiger partial charge in [0, 0.05) is 24.3 Å². The Balaban J connectivity index is 2.30. The molecule has 4 nitrogen and oxygen atoms in total. The van der Waals surface area contributed by atoms with Crippen LogP contribution in [0.4, 0.5) is 0 Å². The van der Waals surface area contributed by atoms with Crippen molar-refractivity contribution in [1.82, 2.24) is 4.72 Å². The van der Waals surface area contributed by atoms with E-state index in [-0.39, 0.29) is 6.61 Å². The maximum atomic E-state index is 11.6. The minimum Gasteiger partial charge on any atom is -0.396 e. The second kappa shape index (κ2) is 9.14. The number of aliphatic hydroxyl groups is 1. The Hall–Kier alpha value is -0.820. The van der Waals surface area contributed by atoms with Crippen LogP contribution in [0.5, 0.6) is 0 Å². The molecule has 1 aromatic rings. The molecule has 6 heteroatoms. The van der Waals surface area contributed by atoms with Crippen LogP contribution in [-0.4, -0.2) is 38.2 Å². The molecule has 0 aliphatic carbocycles. The molecule has 0 saturated heterocycles. The van der Waals surface area contributed by atoms with Crippen LogP contribution >= 0.6 is 11.8 Å². The predicted octanol–water partition coefficient (Wildman–Crippen LogP) is 1.69. The fourth-order valence-corrected chi connectivity index (χ4v) is 3.04. The van der Waals surface area contributed by atoms with E-state index in [4.69, 9.17) is 5.11 Å². The second-order valence-electron chi connectivity index (χ2n) is 3.84. The first-order valence-electron chi connectivity index (χ1n) is 6.05. The van der Waals surface area contributed by atoms with Crippen LogP contribution in [0.2, 0.25) is 0 Å². The Bertz CT molecular complexity index is 472. The summed E-state index contributed by atoms with van der Waals surface area (Å²) in [6, 6.07) is 9.29. The number of sulfonamides is 1. The molecular weight excluding hydrogens is 282 g/mol. The molecule has 2 N–H and O–H groups in total. The van der Waals surface area contributed by atoms with Crippen molar-refractivity contribution in [3.63, 3.8) is 0 Å². The molecule has 0 bridgehead atoms. The Labute approximate surface area is 119 Å². The summed E-state index contributed by atoms with van der Waals surface area (Å²) in [5.41, 5.74) is 0.852. The molecule has 0 aliphatic heterocycles. The number of nitrogens with one attached hydrogen (secondary N) is 1. The first-order chi connectivity index (χ1) is 9.14. The van der Waals surface area contributed by atoms with Gasteiger partial charge < -0.3 is 5.11 Å². The topological polar surface area (TPSA) is 66.4 Å². The van der Waals surface area contributed by atoms with Crippen LogP contribution in [0.3, 0.4) is 0 Å². The highest BCUT2D eigenvalue weighted by atomic mass is 32.2. The third-order valence-electron chi connectivity index (χ3n) is 2.24. The van der Waals surface area contributed by atoms with Gasteiger partial charge in [0.15, 0.2) is 0 Å². The highest BCUT2D eigenvalue weighted by Crippen LogP contribution is 2.03. The van der Waals surface area contributed by atoms with Crippen LogP contribution in [0.1, 0.15) is 12.0 Å². The van der Waals surface area contributed by atoms with Gasteiger partial charge in [-0.05, 0) is 23.8 Å². The number of aliphatic hydroxyl groups excluding tert-OH is 1. The van der Waals surface area contributed by atoms with Crippen LogP contribution < -0.4 is 4.72 Å². The second-order valence-corrected chi connectivity index (χ2v) is 6.72. The minimum absolute atomic E-state index is 0.179. The van der Waals surface area contributed by atoms with Crippen molar-refractivity contribution in [2.45, 2.75) is 6.42 Å². The zero-order chi connectivity index (χ0) is 14.0. The predicted molar refractivity (Wildman–Crippen MR) is 81.4 cm³/mol. The van der Waals surface area contributed by atoms with Gasteiger partial charge in [-0.15, -0.1) is 0 Å². The summed E-state index contributed by atoms with van der Waals surface area (Å²) in [4.78, 5) is 0. The molecule has 0 amide bonds. The Morgan fingerprint density at radius 1 is 1.21 bits per heavy atom. The summed E-state index contributed by atoms with van der Waals surface area (Å²) in [5, 5.41) is 9.78.